The van der Waals surface area contributed by atoms with Crippen molar-refractivity contribution >= 4 is 0 Å². The van der Waals surface area contributed by atoms with Crippen molar-refractivity contribution in [2.45, 2.75) is 51.7 Å². The largest absolute Gasteiger partial charge is 0.360 e. The van der Waals surface area contributed by atoms with E-state index in [4.69, 9.17) is 4.52 Å². The third-order valence-electron chi connectivity index (χ3n) is 3.08. The minimum Gasteiger partial charge on any atom is -0.360 e. The molecule has 0 bridgehead atoms. The van der Waals surface area contributed by atoms with Crippen LogP contribution in [0, 0.1) is 0 Å². The fraction of sp³-hybridized carbons (Fsp3) is 0.769. The van der Waals surface area contributed by atoms with Gasteiger partial charge in [-0.1, -0.05) is 18.5 Å². The first-order valence-electron chi connectivity index (χ1n) is 6.64. The van der Waals surface area contributed by atoms with Crippen LogP contribution < -0.4 is 5.32 Å². The summed E-state index contributed by atoms with van der Waals surface area (Å²) in [4.78, 5) is 2.28. The van der Waals surface area contributed by atoms with Crippen LogP contribution in [0.1, 0.15) is 44.1 Å². The van der Waals surface area contributed by atoms with Gasteiger partial charge < -0.3 is 9.84 Å². The quantitative estimate of drug-likeness (QED) is 0.752. The molecule has 0 aliphatic heterocycles. The lowest BCUT2D eigenvalue weighted by Crippen LogP contribution is -2.18. The second-order valence-electron chi connectivity index (χ2n) is 5.03. The van der Waals surface area contributed by atoms with Gasteiger partial charge in [0.25, 0.3) is 0 Å². The zero-order chi connectivity index (χ0) is 12.1. The Morgan fingerprint density at radius 2 is 2.35 bits per heavy atom. The van der Waals surface area contributed by atoms with Gasteiger partial charge in [0.15, 0.2) is 5.76 Å². The van der Waals surface area contributed by atoms with Gasteiger partial charge in [-0.2, -0.15) is 0 Å². The van der Waals surface area contributed by atoms with Gasteiger partial charge in [-0.3, -0.25) is 4.90 Å². The Morgan fingerprint density at radius 3 is 3.06 bits per heavy atom. The highest BCUT2D eigenvalue weighted by Crippen LogP contribution is 2.19. The van der Waals surface area contributed by atoms with E-state index >= 15 is 0 Å². The minimum atomic E-state index is 0.724. The molecule has 1 saturated carbocycles. The number of unbranched alkanes of at least 4 members (excludes halogenated alkanes) is 1. The highest BCUT2D eigenvalue weighted by Gasteiger charge is 2.20. The van der Waals surface area contributed by atoms with E-state index in [-0.39, 0.29) is 0 Å². The lowest BCUT2D eigenvalue weighted by Gasteiger charge is -2.13. The molecular formula is C13H23N3O. The molecule has 4 heteroatoms. The van der Waals surface area contributed by atoms with Crippen molar-refractivity contribution in [3.8, 4) is 0 Å². The van der Waals surface area contributed by atoms with Crippen molar-refractivity contribution in [3.63, 3.8) is 0 Å². The molecule has 2 rings (SSSR count). The van der Waals surface area contributed by atoms with Crippen LogP contribution in [0.4, 0.5) is 0 Å². The van der Waals surface area contributed by atoms with E-state index in [0.29, 0.717) is 0 Å². The third kappa shape index (κ3) is 4.48. The van der Waals surface area contributed by atoms with Crippen molar-refractivity contribution in [2.24, 2.45) is 0 Å². The van der Waals surface area contributed by atoms with Gasteiger partial charge in [-0.25, -0.2) is 0 Å². The van der Waals surface area contributed by atoms with Crippen LogP contribution in [0.2, 0.25) is 0 Å². The smallest absolute Gasteiger partial charge is 0.151 e. The molecule has 1 aliphatic rings. The van der Waals surface area contributed by atoms with E-state index in [2.05, 4.69) is 35.4 Å². The Bertz CT molecular complexity index is 333. The van der Waals surface area contributed by atoms with Crippen LogP contribution in [0.3, 0.4) is 0 Å². The second kappa shape index (κ2) is 6.17. The molecule has 0 radical (unpaired) electrons. The van der Waals surface area contributed by atoms with E-state index in [1.54, 1.807) is 0 Å². The number of hydrogen-bond acceptors (Lipinski definition) is 4. The van der Waals surface area contributed by atoms with Gasteiger partial charge in [0.1, 0.15) is 0 Å². The molecule has 0 unspecified atom stereocenters. The molecular weight excluding hydrogens is 214 g/mol. The molecule has 4 nitrogen and oxygen atoms in total. The maximum absolute atomic E-state index is 5.34. The zero-order valence-corrected chi connectivity index (χ0v) is 10.9. The number of rotatable bonds is 8. The summed E-state index contributed by atoms with van der Waals surface area (Å²) < 4.78 is 5.34. The van der Waals surface area contributed by atoms with Crippen molar-refractivity contribution < 1.29 is 4.52 Å². The number of aromatic nitrogens is 1. The van der Waals surface area contributed by atoms with Crippen LogP contribution in [0.25, 0.3) is 0 Å². The van der Waals surface area contributed by atoms with Crippen molar-refractivity contribution in [1.29, 1.82) is 0 Å². The molecule has 1 heterocycles. The van der Waals surface area contributed by atoms with E-state index in [1.807, 2.05) is 0 Å². The van der Waals surface area contributed by atoms with Crippen molar-refractivity contribution in [2.75, 3.05) is 13.6 Å². The van der Waals surface area contributed by atoms with Crippen LogP contribution >= 0.6 is 0 Å². The topological polar surface area (TPSA) is 41.3 Å². The fourth-order valence-electron chi connectivity index (χ4n) is 1.82. The third-order valence-corrected chi connectivity index (χ3v) is 3.08. The SMILES string of the molecule is CCCCN(C)Cc1cc(CNC2CC2)no1. The summed E-state index contributed by atoms with van der Waals surface area (Å²) in [6, 6.07) is 2.79. The summed E-state index contributed by atoms with van der Waals surface area (Å²) >= 11 is 0. The second-order valence-corrected chi connectivity index (χ2v) is 5.03. The molecule has 0 saturated heterocycles. The Hall–Kier alpha value is -0.870. The Morgan fingerprint density at radius 1 is 1.53 bits per heavy atom. The van der Waals surface area contributed by atoms with Gasteiger partial charge >= 0.3 is 0 Å². The molecule has 0 spiro atoms. The monoisotopic (exact) mass is 237 g/mol. The standard InChI is InChI=1S/C13H23N3O/c1-3-4-7-16(2)10-13-8-12(15-17-13)9-14-11-5-6-11/h8,11,14H,3-7,9-10H2,1-2H3. The lowest BCUT2D eigenvalue weighted by atomic mass is 10.3. The number of hydrogen-bond donors (Lipinski definition) is 1. The van der Waals surface area contributed by atoms with Gasteiger partial charge in [0, 0.05) is 18.7 Å². The molecule has 17 heavy (non-hydrogen) atoms. The number of nitrogens with one attached hydrogen (secondary N) is 1. The van der Waals surface area contributed by atoms with Crippen molar-refractivity contribution in [1.82, 2.24) is 15.4 Å². The van der Waals surface area contributed by atoms with Gasteiger partial charge in [0.05, 0.1) is 12.2 Å². The lowest BCUT2D eigenvalue weighted by molar-refractivity contribution is 0.268. The first-order chi connectivity index (χ1) is 8.28. The summed E-state index contributed by atoms with van der Waals surface area (Å²) in [5.74, 6) is 0.969. The van der Waals surface area contributed by atoms with Gasteiger partial charge in [0.2, 0.25) is 0 Å². The molecule has 1 aromatic heterocycles. The molecule has 1 aromatic rings. The average Bonchev–Trinajstić information content (AvgIpc) is 3.05. The highest BCUT2D eigenvalue weighted by molar-refractivity contribution is 5.05. The predicted octanol–water partition coefficient (Wildman–Crippen LogP) is 2.16. The van der Waals surface area contributed by atoms with E-state index in [9.17, 15) is 0 Å². The summed E-state index contributed by atoms with van der Waals surface area (Å²) in [5, 5.41) is 7.52. The summed E-state index contributed by atoms with van der Waals surface area (Å²) in [5.41, 5.74) is 1.02. The van der Waals surface area contributed by atoms with Crippen LogP contribution in [-0.4, -0.2) is 29.7 Å². The van der Waals surface area contributed by atoms with E-state index in [1.165, 1.54) is 25.7 Å². The molecule has 0 amide bonds. The van der Waals surface area contributed by atoms with Gasteiger partial charge in [-0.05, 0) is 32.9 Å². The molecule has 96 valence electrons. The number of nitrogens with zero attached hydrogens (tertiary/aromatic N) is 2. The predicted molar refractivity (Wildman–Crippen MR) is 67.6 cm³/mol. The molecule has 0 atom stereocenters. The summed E-state index contributed by atoms with van der Waals surface area (Å²) in [7, 11) is 2.13. The average molecular weight is 237 g/mol. The van der Waals surface area contributed by atoms with Crippen LogP contribution in [-0.2, 0) is 13.1 Å². The molecule has 1 N–H and O–H groups in total. The fourth-order valence-corrected chi connectivity index (χ4v) is 1.82. The minimum absolute atomic E-state index is 0.724. The normalized spacial score (nSPS) is 15.7. The Labute approximate surface area is 103 Å². The summed E-state index contributed by atoms with van der Waals surface area (Å²) in [6.07, 6.45) is 5.09. The maximum atomic E-state index is 5.34. The zero-order valence-electron chi connectivity index (χ0n) is 10.9. The van der Waals surface area contributed by atoms with Crippen LogP contribution in [0.5, 0.6) is 0 Å². The van der Waals surface area contributed by atoms with E-state index < -0.39 is 0 Å². The highest BCUT2D eigenvalue weighted by atomic mass is 16.5. The first-order valence-corrected chi connectivity index (χ1v) is 6.64. The molecule has 1 aliphatic carbocycles. The Kier molecular flexibility index (Phi) is 4.57. The maximum Gasteiger partial charge on any atom is 0.151 e. The Balaban J connectivity index is 1.72. The van der Waals surface area contributed by atoms with Gasteiger partial charge in [-0.15, -0.1) is 0 Å². The van der Waals surface area contributed by atoms with Crippen molar-refractivity contribution in [3.05, 3.63) is 17.5 Å². The molecule has 1 fully saturated rings. The summed E-state index contributed by atoms with van der Waals surface area (Å²) in [6.45, 7) is 5.03. The van der Waals surface area contributed by atoms with E-state index in [0.717, 1.165) is 37.1 Å². The molecule has 0 aromatic carbocycles. The van der Waals surface area contributed by atoms with Crippen LogP contribution in [0.15, 0.2) is 10.6 Å². The first kappa shape index (κ1) is 12.6.